The maximum absolute atomic E-state index is 10.5. The van der Waals surface area contributed by atoms with E-state index in [0.29, 0.717) is 11.5 Å². The van der Waals surface area contributed by atoms with Crippen LogP contribution in [0.3, 0.4) is 0 Å². The van der Waals surface area contributed by atoms with Crippen LogP contribution in [0.4, 0.5) is 0 Å². The quantitative estimate of drug-likeness (QED) is 0.411. The van der Waals surface area contributed by atoms with E-state index in [1.807, 2.05) is 6.07 Å². The van der Waals surface area contributed by atoms with Gasteiger partial charge < -0.3 is 23.8 Å². The first-order chi connectivity index (χ1) is 19.8. The fourth-order valence-corrected chi connectivity index (χ4v) is 3.48. The van der Waals surface area contributed by atoms with Crippen LogP contribution in [0.15, 0.2) is 36.4 Å². The summed E-state index contributed by atoms with van der Waals surface area (Å²) in [7, 11) is 6.90. The molecule has 2 aromatic rings. The summed E-state index contributed by atoms with van der Waals surface area (Å²) < 4.78 is 104. The molecule has 0 saturated carbocycles. The molecule has 0 bridgehead atoms. The second-order valence-electron chi connectivity index (χ2n) is 7.42. The summed E-state index contributed by atoms with van der Waals surface area (Å²) in [6.45, 7) is -8.89. The van der Waals surface area contributed by atoms with Crippen LogP contribution in [0, 0.1) is 17.2 Å². The summed E-state index contributed by atoms with van der Waals surface area (Å²) in [6.07, 6.45) is -2.90. The molecular weight excluding hydrogens is 416 g/mol. The van der Waals surface area contributed by atoms with Crippen LogP contribution >= 0.6 is 0 Å². The van der Waals surface area contributed by atoms with Gasteiger partial charge in [-0.15, -0.1) is 0 Å². The lowest BCUT2D eigenvalue weighted by Gasteiger charge is -2.32. The third-order valence-electron chi connectivity index (χ3n) is 5.43. The van der Waals surface area contributed by atoms with Gasteiger partial charge in [-0.2, -0.15) is 5.26 Å². The molecule has 0 amide bonds. The van der Waals surface area contributed by atoms with E-state index in [2.05, 4.69) is 0 Å². The average Bonchev–Trinajstić information content (AvgIpc) is 2.93. The second kappa shape index (κ2) is 12.4. The van der Waals surface area contributed by atoms with Crippen LogP contribution in [-0.2, 0) is 11.8 Å². The number of methoxy groups -OCH3 is 4. The second-order valence-corrected chi connectivity index (χ2v) is 7.42. The average molecular weight is 465 g/mol. The Hall–Kier alpha value is -2.91. The Morgan fingerprint density at radius 3 is 2.15 bits per heavy atom. The van der Waals surface area contributed by atoms with Gasteiger partial charge in [-0.1, -0.05) is 25.8 Å². The van der Waals surface area contributed by atoms with E-state index in [1.165, 1.54) is 71.9 Å². The maximum atomic E-state index is 10.5. The molecule has 6 nitrogen and oxygen atoms in total. The molecule has 0 fully saturated rings. The number of aryl methyl sites for hydroxylation is 1. The van der Waals surface area contributed by atoms with E-state index in [4.69, 9.17) is 32.7 Å². The van der Waals surface area contributed by atoms with Gasteiger partial charge in [0.25, 0.3) is 0 Å². The van der Waals surface area contributed by atoms with Crippen molar-refractivity contribution in [1.29, 1.82) is 5.26 Å². The maximum Gasteiger partial charge on any atom is 0.161 e. The van der Waals surface area contributed by atoms with Crippen molar-refractivity contribution in [3.8, 4) is 29.1 Å². The lowest BCUT2D eigenvalue weighted by Crippen LogP contribution is -2.32. The highest BCUT2D eigenvalue weighted by molar-refractivity contribution is 5.47. The molecule has 0 aliphatic rings. The smallest absolute Gasteiger partial charge is 0.161 e. The molecule has 0 spiro atoms. The summed E-state index contributed by atoms with van der Waals surface area (Å²) in [4.78, 5) is 1.11. The molecule has 180 valence electrons. The van der Waals surface area contributed by atoms with E-state index in [0.717, 1.165) is 4.90 Å². The first kappa shape index (κ1) is 15.1. The Balaban J connectivity index is 2.52. The lowest BCUT2D eigenvalue weighted by molar-refractivity contribution is 0.292. The number of likely N-dealkylation sites (N-methyl/N-ethyl adjacent to an activating group) is 1. The Kier molecular flexibility index (Phi) is 5.65. The third-order valence-corrected chi connectivity index (χ3v) is 5.43. The number of hydrogen-bond acceptors (Lipinski definition) is 6. The normalized spacial score (nSPS) is 19.0. The summed E-state index contributed by atoms with van der Waals surface area (Å²) in [5.74, 6) is -1.07. The number of ether oxygens (including phenoxy) is 4. The van der Waals surface area contributed by atoms with Gasteiger partial charge in [0, 0.05) is 20.2 Å². The summed E-state index contributed by atoms with van der Waals surface area (Å²) in [6, 6.07) is 10.5. The van der Waals surface area contributed by atoms with Gasteiger partial charge in [0.2, 0.25) is 0 Å². The Labute approximate surface area is 213 Å². The van der Waals surface area contributed by atoms with Gasteiger partial charge in [0.05, 0.1) is 39.9 Å². The van der Waals surface area contributed by atoms with E-state index < -0.39 is 37.9 Å². The summed E-state index contributed by atoms with van der Waals surface area (Å²) in [5.41, 5.74) is -1.99. The molecule has 0 aromatic heterocycles. The SMILES string of the molecule is [2H]C([2H])([2H])C(C([2H])([2H])[2H])C(C#N)(CCCN(C)C([2H])([2H])C([2H])([2H])c1ccc(OC)c(OC)c1)c1ccc(OC)c(OC)c1. The summed E-state index contributed by atoms with van der Waals surface area (Å²) in [5, 5.41) is 10.5. The largest absolute Gasteiger partial charge is 0.493 e. The van der Waals surface area contributed by atoms with Gasteiger partial charge in [-0.3, -0.25) is 0 Å². The van der Waals surface area contributed by atoms with Gasteiger partial charge in [0.15, 0.2) is 23.0 Å². The standard InChI is InChI=1S/C27H38N2O4/c1-20(2)27(19-28,22-10-12-24(31-5)26(18-22)33-7)14-8-15-29(3)16-13-21-9-11-23(30-4)25(17-21)32-6/h9-12,17-18,20H,8,13-16H2,1-7H3/i1D3,2D3,13D2,16D2. The van der Waals surface area contributed by atoms with Crippen molar-refractivity contribution in [3.63, 3.8) is 0 Å². The molecule has 0 aliphatic carbocycles. The Bertz CT molecular complexity index is 1280. The van der Waals surface area contributed by atoms with Gasteiger partial charge in [-0.05, 0) is 74.1 Å². The fourth-order valence-electron chi connectivity index (χ4n) is 3.48. The molecule has 6 heteroatoms. The molecule has 0 heterocycles. The lowest BCUT2D eigenvalue weighted by atomic mass is 9.69. The van der Waals surface area contributed by atoms with Crippen molar-refractivity contribution in [2.75, 3.05) is 48.5 Å². The van der Waals surface area contributed by atoms with Crippen LogP contribution in [0.2, 0.25) is 0 Å². The van der Waals surface area contributed by atoms with Gasteiger partial charge in [-0.25, -0.2) is 0 Å². The molecule has 0 N–H and O–H groups in total. The fraction of sp³-hybridized carbons (Fsp3) is 0.519. The first-order valence-corrected chi connectivity index (χ1v) is 10.4. The zero-order valence-corrected chi connectivity index (χ0v) is 19.7. The number of benzene rings is 2. The van der Waals surface area contributed by atoms with Crippen molar-refractivity contribution in [1.82, 2.24) is 4.90 Å². The number of rotatable bonds is 13. The molecule has 1 atom stereocenters. The van der Waals surface area contributed by atoms with Crippen molar-refractivity contribution in [3.05, 3.63) is 47.5 Å². The minimum Gasteiger partial charge on any atom is -0.493 e. The van der Waals surface area contributed by atoms with E-state index in [-0.39, 0.29) is 42.0 Å². The number of nitrogens with zero attached hydrogens (tertiary/aromatic N) is 2. The Morgan fingerprint density at radius 2 is 1.58 bits per heavy atom. The van der Waals surface area contributed by atoms with Crippen molar-refractivity contribution in [2.24, 2.45) is 5.92 Å². The monoisotopic (exact) mass is 464 g/mol. The van der Waals surface area contributed by atoms with E-state index >= 15 is 0 Å². The zero-order chi connectivity index (χ0) is 33.0. The minimum atomic E-state index is -3.07. The molecule has 2 rings (SSSR count). The third kappa shape index (κ3) is 6.33. The Morgan fingerprint density at radius 1 is 0.970 bits per heavy atom. The highest BCUT2D eigenvalue weighted by atomic mass is 16.5. The molecule has 2 aromatic carbocycles. The molecule has 0 saturated heterocycles. The topological polar surface area (TPSA) is 64.0 Å². The minimum absolute atomic E-state index is 0.0106. The van der Waals surface area contributed by atoms with E-state index in [1.54, 1.807) is 0 Å². The highest BCUT2D eigenvalue weighted by Gasteiger charge is 2.36. The molecule has 0 aliphatic heterocycles. The molecule has 1 unspecified atom stereocenters. The van der Waals surface area contributed by atoms with Crippen molar-refractivity contribution >= 4 is 0 Å². The molecular formula is C27H38N2O4. The predicted molar refractivity (Wildman–Crippen MR) is 132 cm³/mol. The van der Waals surface area contributed by atoms with Crippen molar-refractivity contribution in [2.45, 2.75) is 38.3 Å². The van der Waals surface area contributed by atoms with Crippen LogP contribution in [-0.4, -0.2) is 53.4 Å². The first-order valence-electron chi connectivity index (χ1n) is 15.4. The molecule has 33 heavy (non-hydrogen) atoms. The zero-order valence-electron chi connectivity index (χ0n) is 29.7. The van der Waals surface area contributed by atoms with E-state index in [9.17, 15) is 5.26 Å². The van der Waals surface area contributed by atoms with Gasteiger partial charge >= 0.3 is 0 Å². The number of nitriles is 1. The van der Waals surface area contributed by atoms with Crippen LogP contribution in [0.25, 0.3) is 0 Å². The van der Waals surface area contributed by atoms with Crippen LogP contribution in [0.1, 0.15) is 51.4 Å². The number of hydrogen-bond donors (Lipinski definition) is 0. The van der Waals surface area contributed by atoms with Crippen LogP contribution < -0.4 is 18.9 Å². The van der Waals surface area contributed by atoms with Gasteiger partial charge in [0.1, 0.15) is 0 Å². The predicted octanol–water partition coefficient (Wildman–Crippen LogP) is 5.09. The van der Waals surface area contributed by atoms with Crippen molar-refractivity contribution < 1.29 is 32.7 Å². The summed E-state index contributed by atoms with van der Waals surface area (Å²) >= 11 is 0. The molecule has 0 radical (unpaired) electrons. The van der Waals surface area contributed by atoms with Crippen LogP contribution in [0.5, 0.6) is 23.0 Å². The highest BCUT2D eigenvalue weighted by Crippen LogP contribution is 2.40.